The van der Waals surface area contributed by atoms with Gasteiger partial charge in [-0.1, -0.05) is 80.4 Å². The lowest BCUT2D eigenvalue weighted by molar-refractivity contribution is -0.173. The Morgan fingerprint density at radius 2 is 1.37 bits per heavy atom. The van der Waals surface area contributed by atoms with Crippen LogP contribution in [0.15, 0.2) is 111 Å². The van der Waals surface area contributed by atoms with E-state index in [4.69, 9.17) is 5.73 Å². The van der Waals surface area contributed by atoms with Crippen LogP contribution in [-0.2, 0) is 27.7 Å². The fourth-order valence-electron chi connectivity index (χ4n) is 6.84. The number of fused-ring (bicyclic) bond motifs is 3. The van der Waals surface area contributed by atoms with Crippen LogP contribution in [0.1, 0.15) is 34.0 Å². The van der Waals surface area contributed by atoms with Crippen LogP contribution in [0, 0.1) is 0 Å². The van der Waals surface area contributed by atoms with Gasteiger partial charge in [-0.05, 0) is 78.5 Å². The van der Waals surface area contributed by atoms with Crippen molar-refractivity contribution >= 4 is 80.5 Å². The van der Waals surface area contributed by atoms with Gasteiger partial charge in [0.15, 0.2) is 0 Å². The summed E-state index contributed by atoms with van der Waals surface area (Å²) < 4.78 is 70.9. The van der Waals surface area contributed by atoms with Crippen molar-refractivity contribution in [2.75, 3.05) is 13.1 Å². The Kier molecular flexibility index (Phi) is 9.37. The molecule has 1 atom stereocenters. The second-order valence-corrected chi connectivity index (χ2v) is 15.8. The third-order valence-corrected chi connectivity index (χ3v) is 11.7. The van der Waals surface area contributed by atoms with Crippen LogP contribution in [0.2, 0.25) is 0 Å². The maximum atomic E-state index is 14.2. The monoisotopic (exact) mass is 839 g/mol. The molecule has 3 aromatic heterocycles. The molecule has 0 aliphatic heterocycles. The quantitative estimate of drug-likeness (QED) is 0.111. The van der Waals surface area contributed by atoms with Crippen molar-refractivity contribution in [2.45, 2.75) is 29.8 Å². The summed E-state index contributed by atoms with van der Waals surface area (Å²) in [6, 6.07) is 26.8. The SMILES string of the molecule is NCCc1c(C(c2[nH]c3cc(Br)ccc3c2CCNC(=O)C(F)(F)F)c2cn(S(=O)(=O)c3ccccc3)c3ccccc23)[nH]c2cc(Br)ccc12. The highest BCUT2D eigenvalue weighted by Crippen LogP contribution is 2.44. The number of carbonyl (C=O) groups excluding carboxylic acids is 1. The maximum absolute atomic E-state index is 14.2. The van der Waals surface area contributed by atoms with Crippen LogP contribution in [0.5, 0.6) is 0 Å². The van der Waals surface area contributed by atoms with Crippen LogP contribution in [-0.4, -0.2) is 47.5 Å². The van der Waals surface area contributed by atoms with Gasteiger partial charge >= 0.3 is 12.1 Å². The number of hydrogen-bond acceptors (Lipinski definition) is 4. The van der Waals surface area contributed by atoms with Gasteiger partial charge in [0, 0.05) is 60.3 Å². The molecule has 0 aliphatic carbocycles. The zero-order valence-corrected chi connectivity index (χ0v) is 30.7. The topological polar surface area (TPSA) is 126 Å². The Morgan fingerprint density at radius 3 is 1.96 bits per heavy atom. The number of alkyl halides is 3. The van der Waals surface area contributed by atoms with E-state index in [-0.39, 0.29) is 17.9 Å². The number of nitrogens with one attached hydrogen (secondary N) is 3. The number of halogens is 5. The molecule has 8 nitrogen and oxygen atoms in total. The van der Waals surface area contributed by atoms with Crippen LogP contribution in [0.4, 0.5) is 13.2 Å². The van der Waals surface area contributed by atoms with Crippen LogP contribution in [0.25, 0.3) is 32.7 Å². The number of aromatic nitrogens is 3. The molecular weight excluding hydrogens is 811 g/mol. The maximum Gasteiger partial charge on any atom is 0.471 e. The Hall–Kier alpha value is -4.37. The normalized spacial score (nSPS) is 13.0. The van der Waals surface area contributed by atoms with Crippen molar-refractivity contribution in [1.29, 1.82) is 0 Å². The highest BCUT2D eigenvalue weighted by Gasteiger charge is 2.38. The van der Waals surface area contributed by atoms with E-state index >= 15 is 0 Å². The zero-order chi connectivity index (χ0) is 36.1. The van der Waals surface area contributed by atoms with Crippen molar-refractivity contribution in [3.63, 3.8) is 0 Å². The molecule has 7 aromatic rings. The number of nitrogens with two attached hydrogens (primary N) is 1. The first-order valence-electron chi connectivity index (χ1n) is 15.9. The lowest BCUT2D eigenvalue weighted by atomic mass is 9.86. The molecule has 5 N–H and O–H groups in total. The number of hydrogen-bond donors (Lipinski definition) is 4. The van der Waals surface area contributed by atoms with E-state index in [0.29, 0.717) is 46.2 Å². The van der Waals surface area contributed by atoms with Gasteiger partial charge in [-0.15, -0.1) is 0 Å². The molecule has 0 bridgehead atoms. The van der Waals surface area contributed by atoms with Crippen molar-refractivity contribution in [2.24, 2.45) is 5.73 Å². The number of aromatic amines is 2. The molecule has 4 aromatic carbocycles. The molecule has 0 spiro atoms. The summed E-state index contributed by atoms with van der Waals surface area (Å²) >= 11 is 7.10. The van der Waals surface area contributed by atoms with E-state index in [9.17, 15) is 26.4 Å². The van der Waals surface area contributed by atoms with Gasteiger partial charge in [0.1, 0.15) is 0 Å². The molecule has 0 radical (unpaired) electrons. The first kappa shape index (κ1) is 35.1. The number of carbonyl (C=O) groups is 1. The van der Waals surface area contributed by atoms with Crippen molar-refractivity contribution in [1.82, 2.24) is 19.3 Å². The summed E-state index contributed by atoms with van der Waals surface area (Å²) in [6.45, 7) is 0.0311. The third kappa shape index (κ3) is 6.50. The van der Waals surface area contributed by atoms with Gasteiger partial charge in [0.05, 0.1) is 16.3 Å². The van der Waals surface area contributed by atoms with Gasteiger partial charge < -0.3 is 21.0 Å². The zero-order valence-electron chi connectivity index (χ0n) is 26.7. The lowest BCUT2D eigenvalue weighted by Gasteiger charge is -2.20. The highest BCUT2D eigenvalue weighted by molar-refractivity contribution is 9.10. The lowest BCUT2D eigenvalue weighted by Crippen LogP contribution is -2.37. The Bertz CT molecular complexity index is 2540. The molecule has 1 unspecified atom stereocenters. The summed E-state index contributed by atoms with van der Waals surface area (Å²) in [5.74, 6) is -2.71. The van der Waals surface area contributed by atoms with E-state index < -0.39 is 28.0 Å². The summed E-state index contributed by atoms with van der Waals surface area (Å²) in [5.41, 5.74) is 11.8. The molecule has 3 heterocycles. The number of H-pyrrole nitrogens is 2. The molecule has 0 fully saturated rings. The van der Waals surface area contributed by atoms with Gasteiger partial charge in [-0.2, -0.15) is 13.2 Å². The molecule has 262 valence electrons. The highest BCUT2D eigenvalue weighted by atomic mass is 79.9. The summed E-state index contributed by atoms with van der Waals surface area (Å²) in [4.78, 5) is 19.1. The van der Waals surface area contributed by atoms with Crippen molar-refractivity contribution in [3.05, 3.63) is 134 Å². The number of para-hydroxylation sites is 1. The molecule has 0 saturated carbocycles. The third-order valence-electron chi connectivity index (χ3n) is 9.01. The second-order valence-electron chi connectivity index (χ2n) is 12.1. The van der Waals surface area contributed by atoms with Crippen molar-refractivity contribution in [3.8, 4) is 0 Å². The Balaban J connectivity index is 1.53. The number of amides is 1. The van der Waals surface area contributed by atoms with E-state index in [1.807, 2.05) is 53.8 Å². The second kappa shape index (κ2) is 13.6. The minimum absolute atomic E-state index is 0.0498. The van der Waals surface area contributed by atoms with Crippen LogP contribution in [0.3, 0.4) is 0 Å². The van der Waals surface area contributed by atoms with E-state index in [1.54, 1.807) is 48.7 Å². The average molecular weight is 842 g/mol. The molecule has 51 heavy (non-hydrogen) atoms. The number of nitrogens with zero attached hydrogens (tertiary/aromatic N) is 1. The van der Waals surface area contributed by atoms with Crippen molar-refractivity contribution < 1.29 is 26.4 Å². The molecule has 14 heteroatoms. The summed E-state index contributed by atoms with van der Waals surface area (Å²) in [5, 5.41) is 4.36. The molecule has 0 saturated heterocycles. The molecule has 0 aliphatic rings. The molecular formula is C37H30Br2F3N5O3S. The predicted molar refractivity (Wildman–Crippen MR) is 199 cm³/mol. The van der Waals surface area contributed by atoms with Gasteiger partial charge in [-0.3, -0.25) is 4.79 Å². The van der Waals surface area contributed by atoms with E-state index in [2.05, 4.69) is 41.8 Å². The number of benzene rings is 4. The smallest absolute Gasteiger partial charge is 0.357 e. The minimum Gasteiger partial charge on any atom is -0.357 e. The fourth-order valence-corrected chi connectivity index (χ4v) is 8.96. The average Bonchev–Trinajstić information content (AvgIpc) is 3.77. The summed E-state index contributed by atoms with van der Waals surface area (Å²) in [6.07, 6.45) is -2.87. The largest absolute Gasteiger partial charge is 0.471 e. The van der Waals surface area contributed by atoms with Gasteiger partial charge in [-0.25, -0.2) is 12.4 Å². The predicted octanol–water partition coefficient (Wildman–Crippen LogP) is 8.27. The van der Waals surface area contributed by atoms with Gasteiger partial charge in [0.25, 0.3) is 10.0 Å². The fraction of sp³-hybridized carbons (Fsp3) is 0.162. The van der Waals surface area contributed by atoms with Crippen LogP contribution >= 0.6 is 31.9 Å². The minimum atomic E-state index is -5.03. The van der Waals surface area contributed by atoms with E-state index in [0.717, 1.165) is 36.5 Å². The summed E-state index contributed by atoms with van der Waals surface area (Å²) in [7, 11) is -4.06. The Labute approximate surface area is 307 Å². The number of rotatable bonds is 10. The first-order valence-corrected chi connectivity index (χ1v) is 19.0. The molecule has 7 rings (SSSR count). The first-order chi connectivity index (χ1) is 24.4. The standard InChI is InChI=1S/C37H30Br2F3N5O3S/c38-21-10-12-24-27(14-16-43)34(45-30(24)18-21)33(29-20-47(32-9-5-4-8-26(29)32)51(49,50)23-6-2-1-3-7-23)35-28(15-17-44-36(48)37(40,41)42)25-13-11-22(39)19-31(25)46-35/h1-13,18-20,33,45-46H,14-17,43H2,(H,44,48). The van der Waals surface area contributed by atoms with Gasteiger partial charge in [0.2, 0.25) is 0 Å². The van der Waals surface area contributed by atoms with Crippen LogP contribution < -0.4 is 11.1 Å². The molecule has 1 amide bonds. The Morgan fingerprint density at radius 1 is 0.804 bits per heavy atom. The van der Waals surface area contributed by atoms with E-state index in [1.165, 1.54) is 3.97 Å².